The Kier molecular flexibility index (Phi) is 5.38. The van der Waals surface area contributed by atoms with Gasteiger partial charge in [-0.1, -0.05) is 23.2 Å². The number of halogens is 2. The molecule has 138 valence electrons. The van der Waals surface area contributed by atoms with E-state index in [4.69, 9.17) is 32.4 Å². The van der Waals surface area contributed by atoms with E-state index < -0.39 is 17.0 Å². The number of rotatable bonds is 5. The lowest BCUT2D eigenvalue weighted by atomic mass is 10.2. The molecule has 0 spiro atoms. The van der Waals surface area contributed by atoms with Crippen LogP contribution >= 0.6 is 23.2 Å². The van der Waals surface area contributed by atoms with Crippen LogP contribution in [0.5, 0.6) is 0 Å². The highest BCUT2D eigenvalue weighted by Crippen LogP contribution is 2.26. The van der Waals surface area contributed by atoms with E-state index in [-0.39, 0.29) is 28.1 Å². The largest absolute Gasteiger partial charge is 0.449 e. The zero-order chi connectivity index (χ0) is 19.6. The maximum Gasteiger partial charge on any atom is 0.340 e. The molecule has 0 saturated carbocycles. The first-order valence-electron chi connectivity index (χ1n) is 7.59. The molecule has 10 heteroatoms. The Morgan fingerprint density at radius 3 is 2.52 bits per heavy atom. The fourth-order valence-corrected chi connectivity index (χ4v) is 2.66. The van der Waals surface area contributed by atoms with Gasteiger partial charge in [0, 0.05) is 22.7 Å². The Hall–Kier alpha value is -2.97. The maximum absolute atomic E-state index is 12.2. The third-order valence-electron chi connectivity index (χ3n) is 3.55. The van der Waals surface area contributed by atoms with Gasteiger partial charge in [0.05, 0.1) is 15.5 Å². The van der Waals surface area contributed by atoms with Crippen molar-refractivity contribution in [3.63, 3.8) is 0 Å². The molecule has 0 N–H and O–H groups in total. The molecule has 0 unspecified atom stereocenters. The van der Waals surface area contributed by atoms with E-state index in [1.807, 2.05) is 0 Å². The molecule has 27 heavy (non-hydrogen) atoms. The fourth-order valence-electron chi connectivity index (χ4n) is 2.17. The summed E-state index contributed by atoms with van der Waals surface area (Å²) in [6, 6.07) is 10.0. The van der Waals surface area contributed by atoms with Crippen molar-refractivity contribution in [3.05, 3.63) is 74.1 Å². The van der Waals surface area contributed by atoms with Crippen molar-refractivity contribution in [2.24, 2.45) is 0 Å². The first-order valence-corrected chi connectivity index (χ1v) is 8.35. The normalized spacial score (nSPS) is 11.8. The molecule has 1 atom stereocenters. The summed E-state index contributed by atoms with van der Waals surface area (Å²) < 4.78 is 10.8. The second-order valence-electron chi connectivity index (χ2n) is 5.42. The molecule has 0 aliphatic rings. The Bertz CT molecular complexity index is 1000. The van der Waals surface area contributed by atoms with Crippen molar-refractivity contribution in [2.75, 3.05) is 0 Å². The van der Waals surface area contributed by atoms with Gasteiger partial charge in [-0.3, -0.25) is 10.1 Å². The van der Waals surface area contributed by atoms with Crippen LogP contribution in [0.1, 0.15) is 29.3 Å². The number of esters is 1. The van der Waals surface area contributed by atoms with Gasteiger partial charge < -0.3 is 9.15 Å². The molecule has 1 heterocycles. The molecule has 8 nitrogen and oxygen atoms in total. The lowest BCUT2D eigenvalue weighted by Gasteiger charge is -2.10. The van der Waals surface area contributed by atoms with Gasteiger partial charge in [0.1, 0.15) is 0 Å². The second kappa shape index (κ2) is 7.73. The minimum absolute atomic E-state index is 0.0550. The van der Waals surface area contributed by atoms with Crippen LogP contribution in [0.15, 0.2) is 46.9 Å². The summed E-state index contributed by atoms with van der Waals surface area (Å²) in [7, 11) is 0. The number of aromatic nitrogens is 2. The van der Waals surface area contributed by atoms with E-state index in [0.29, 0.717) is 10.6 Å². The topological polar surface area (TPSA) is 108 Å². The number of carbonyl (C=O) groups excluding carboxylic acids is 1. The first-order chi connectivity index (χ1) is 12.8. The predicted octanol–water partition coefficient (Wildman–Crippen LogP) is 4.87. The zero-order valence-corrected chi connectivity index (χ0v) is 15.3. The zero-order valence-electron chi connectivity index (χ0n) is 13.8. The van der Waals surface area contributed by atoms with Gasteiger partial charge >= 0.3 is 5.97 Å². The van der Waals surface area contributed by atoms with Crippen LogP contribution < -0.4 is 0 Å². The number of nitrogens with zero attached hydrogens (tertiary/aromatic N) is 3. The standard InChI is InChI=1S/C17H11Cl2N3O5/c1-9(26-17(23)13-7-4-11(18)8-14(13)19)15-20-21-16(27-15)10-2-5-12(6-3-10)22(24)25/h2-9H,1H3/t9-/m1/s1. The van der Waals surface area contributed by atoms with Crippen molar-refractivity contribution >= 4 is 34.9 Å². The summed E-state index contributed by atoms with van der Waals surface area (Å²) in [6.45, 7) is 1.56. The maximum atomic E-state index is 12.2. The molecule has 3 rings (SSSR count). The predicted molar refractivity (Wildman–Crippen MR) is 96.7 cm³/mol. The van der Waals surface area contributed by atoms with Gasteiger partial charge in [0.2, 0.25) is 5.89 Å². The van der Waals surface area contributed by atoms with Gasteiger partial charge in [-0.25, -0.2) is 4.79 Å². The van der Waals surface area contributed by atoms with Gasteiger partial charge in [-0.05, 0) is 37.3 Å². The van der Waals surface area contributed by atoms with E-state index in [0.717, 1.165) is 0 Å². The Morgan fingerprint density at radius 2 is 1.89 bits per heavy atom. The van der Waals surface area contributed by atoms with Gasteiger partial charge in [0.15, 0.2) is 6.10 Å². The number of nitro benzene ring substituents is 1. The van der Waals surface area contributed by atoms with Gasteiger partial charge in [-0.2, -0.15) is 0 Å². The SMILES string of the molecule is C[C@@H](OC(=O)c1ccc(Cl)cc1Cl)c1nnc(-c2ccc([N+](=O)[O-])cc2)o1. The molecule has 0 bridgehead atoms. The third kappa shape index (κ3) is 4.24. The highest BCUT2D eigenvalue weighted by Gasteiger charge is 2.21. The third-order valence-corrected chi connectivity index (χ3v) is 4.10. The van der Waals surface area contributed by atoms with Crippen LogP contribution in [0.4, 0.5) is 5.69 Å². The Labute approximate surface area is 162 Å². The van der Waals surface area contributed by atoms with Crippen molar-refractivity contribution in [2.45, 2.75) is 13.0 Å². The van der Waals surface area contributed by atoms with E-state index in [1.54, 1.807) is 6.92 Å². The van der Waals surface area contributed by atoms with Crippen LogP contribution in [0, 0.1) is 10.1 Å². The van der Waals surface area contributed by atoms with Crippen molar-refractivity contribution < 1.29 is 18.9 Å². The van der Waals surface area contributed by atoms with Crippen LogP contribution in [0.2, 0.25) is 10.0 Å². The lowest BCUT2D eigenvalue weighted by molar-refractivity contribution is -0.384. The summed E-state index contributed by atoms with van der Waals surface area (Å²) in [5.41, 5.74) is 0.599. The minimum Gasteiger partial charge on any atom is -0.449 e. The number of carbonyl (C=O) groups is 1. The number of hydrogen-bond acceptors (Lipinski definition) is 7. The lowest BCUT2D eigenvalue weighted by Crippen LogP contribution is -2.10. The number of non-ortho nitro benzene ring substituents is 1. The molecule has 3 aromatic rings. The molecule has 0 radical (unpaired) electrons. The molecule has 0 amide bonds. The van der Waals surface area contributed by atoms with Crippen LogP contribution in [-0.2, 0) is 4.74 Å². The Morgan fingerprint density at radius 1 is 1.19 bits per heavy atom. The summed E-state index contributed by atoms with van der Waals surface area (Å²) in [5.74, 6) is -0.451. The summed E-state index contributed by atoms with van der Waals surface area (Å²) >= 11 is 11.8. The quantitative estimate of drug-likeness (QED) is 0.337. The fraction of sp³-hybridized carbons (Fsp3) is 0.118. The van der Waals surface area contributed by atoms with Crippen molar-refractivity contribution in [1.29, 1.82) is 0 Å². The average Bonchev–Trinajstić information content (AvgIpc) is 3.12. The molecule has 2 aromatic carbocycles. The molecule has 0 fully saturated rings. The number of ether oxygens (including phenoxy) is 1. The van der Waals surface area contributed by atoms with Gasteiger partial charge in [0.25, 0.3) is 11.6 Å². The molecular weight excluding hydrogens is 397 g/mol. The van der Waals surface area contributed by atoms with Crippen molar-refractivity contribution in [3.8, 4) is 11.5 Å². The first kappa shape index (κ1) is 18.8. The van der Waals surface area contributed by atoms with E-state index in [2.05, 4.69) is 10.2 Å². The summed E-state index contributed by atoms with van der Waals surface area (Å²) in [5, 5.41) is 19.0. The Balaban J connectivity index is 1.73. The van der Waals surface area contributed by atoms with Gasteiger partial charge in [-0.15, -0.1) is 10.2 Å². The number of hydrogen-bond donors (Lipinski definition) is 0. The smallest absolute Gasteiger partial charge is 0.340 e. The van der Waals surface area contributed by atoms with Crippen LogP contribution in [-0.4, -0.2) is 21.1 Å². The van der Waals surface area contributed by atoms with Crippen LogP contribution in [0.25, 0.3) is 11.5 Å². The molecule has 0 aliphatic carbocycles. The minimum atomic E-state index is -0.830. The molecule has 1 aromatic heterocycles. The molecule has 0 saturated heterocycles. The molecule has 0 aliphatic heterocycles. The highest BCUT2D eigenvalue weighted by molar-refractivity contribution is 6.36. The summed E-state index contributed by atoms with van der Waals surface area (Å²) in [6.07, 6.45) is -0.830. The van der Waals surface area contributed by atoms with E-state index in [9.17, 15) is 14.9 Å². The monoisotopic (exact) mass is 407 g/mol. The second-order valence-corrected chi connectivity index (χ2v) is 6.26. The summed E-state index contributed by atoms with van der Waals surface area (Å²) in [4.78, 5) is 22.4. The van der Waals surface area contributed by atoms with E-state index in [1.165, 1.54) is 42.5 Å². The van der Waals surface area contributed by atoms with Crippen LogP contribution in [0.3, 0.4) is 0 Å². The average molecular weight is 408 g/mol. The van der Waals surface area contributed by atoms with Crippen molar-refractivity contribution in [1.82, 2.24) is 10.2 Å². The highest BCUT2D eigenvalue weighted by atomic mass is 35.5. The van der Waals surface area contributed by atoms with E-state index >= 15 is 0 Å². The molecular formula is C17H11Cl2N3O5. The number of benzene rings is 2. The number of nitro groups is 1.